The Bertz CT molecular complexity index is 746. The van der Waals surface area contributed by atoms with Gasteiger partial charge in [-0.1, -0.05) is 12.2 Å². The number of nitrogens with one attached hydrogen (secondary N) is 1. The van der Waals surface area contributed by atoms with Crippen LogP contribution in [0.4, 0.5) is 0 Å². The van der Waals surface area contributed by atoms with E-state index < -0.39 is 17.8 Å². The lowest BCUT2D eigenvalue weighted by Gasteiger charge is -2.24. The van der Waals surface area contributed by atoms with E-state index >= 15 is 0 Å². The predicted octanol–water partition coefficient (Wildman–Crippen LogP) is 1.99. The van der Waals surface area contributed by atoms with Gasteiger partial charge in [0.05, 0.1) is 24.1 Å². The summed E-state index contributed by atoms with van der Waals surface area (Å²) < 4.78 is 1.98. The van der Waals surface area contributed by atoms with Crippen molar-refractivity contribution >= 4 is 28.2 Å². The second kappa shape index (κ2) is 5.92. The highest BCUT2D eigenvalue weighted by molar-refractivity contribution is 7.15. The number of carbonyl (C=O) groups is 2. The molecule has 22 heavy (non-hydrogen) atoms. The molecule has 0 fully saturated rings. The number of thiazole rings is 1. The van der Waals surface area contributed by atoms with Crippen LogP contribution in [-0.2, 0) is 16.1 Å². The van der Waals surface area contributed by atoms with E-state index in [1.807, 2.05) is 35.1 Å². The lowest BCUT2D eigenvalue weighted by atomic mass is 9.82. The molecule has 2 N–H and O–H groups in total. The van der Waals surface area contributed by atoms with Gasteiger partial charge in [0.25, 0.3) is 0 Å². The van der Waals surface area contributed by atoms with Crippen molar-refractivity contribution in [3.05, 3.63) is 35.1 Å². The van der Waals surface area contributed by atoms with Crippen LogP contribution in [0.15, 0.2) is 23.7 Å². The Kier molecular flexibility index (Phi) is 3.98. The molecule has 0 aliphatic heterocycles. The number of fused-ring (bicyclic) bond motifs is 1. The first-order valence-corrected chi connectivity index (χ1v) is 8.02. The zero-order valence-electron chi connectivity index (χ0n) is 12.2. The van der Waals surface area contributed by atoms with Crippen molar-refractivity contribution in [3.63, 3.8) is 0 Å². The summed E-state index contributed by atoms with van der Waals surface area (Å²) in [6.07, 6.45) is 6.48. The van der Waals surface area contributed by atoms with Gasteiger partial charge in [0.1, 0.15) is 0 Å². The van der Waals surface area contributed by atoms with Crippen LogP contribution in [0.1, 0.15) is 24.2 Å². The number of amides is 1. The average molecular weight is 319 g/mol. The molecule has 0 radical (unpaired) electrons. The highest BCUT2D eigenvalue weighted by atomic mass is 32.1. The van der Waals surface area contributed by atoms with E-state index in [4.69, 9.17) is 0 Å². The van der Waals surface area contributed by atoms with Gasteiger partial charge < -0.3 is 10.4 Å². The molecule has 6 nitrogen and oxygen atoms in total. The van der Waals surface area contributed by atoms with Crippen molar-refractivity contribution in [2.24, 2.45) is 11.8 Å². The second-order valence-electron chi connectivity index (χ2n) is 5.47. The third kappa shape index (κ3) is 2.76. The number of imidazole rings is 1. The third-order valence-corrected chi connectivity index (χ3v) is 4.93. The molecule has 0 aromatic carbocycles. The van der Waals surface area contributed by atoms with Crippen LogP contribution in [0, 0.1) is 18.8 Å². The van der Waals surface area contributed by atoms with Gasteiger partial charge in [0.2, 0.25) is 5.91 Å². The number of aliphatic carboxylic acids is 1. The minimum absolute atomic E-state index is 0.218. The molecule has 0 unspecified atom stereocenters. The lowest BCUT2D eigenvalue weighted by Crippen LogP contribution is -2.38. The van der Waals surface area contributed by atoms with Crippen molar-refractivity contribution in [2.75, 3.05) is 0 Å². The summed E-state index contributed by atoms with van der Waals surface area (Å²) in [5.41, 5.74) is 1.88. The normalized spacial score (nSPS) is 21.1. The van der Waals surface area contributed by atoms with Crippen LogP contribution in [0.5, 0.6) is 0 Å². The van der Waals surface area contributed by atoms with Crippen LogP contribution in [0.25, 0.3) is 4.96 Å². The van der Waals surface area contributed by atoms with Gasteiger partial charge in [-0.25, -0.2) is 4.98 Å². The van der Waals surface area contributed by atoms with Gasteiger partial charge in [0.15, 0.2) is 4.96 Å². The maximum Gasteiger partial charge on any atom is 0.307 e. The van der Waals surface area contributed by atoms with E-state index in [1.54, 1.807) is 11.3 Å². The molecule has 2 heterocycles. The predicted molar refractivity (Wildman–Crippen MR) is 82.6 cm³/mol. The van der Waals surface area contributed by atoms with E-state index in [0.29, 0.717) is 19.4 Å². The Balaban J connectivity index is 1.66. The molecule has 1 aliphatic rings. The van der Waals surface area contributed by atoms with Crippen molar-refractivity contribution < 1.29 is 14.7 Å². The zero-order chi connectivity index (χ0) is 15.7. The number of hydrogen-bond donors (Lipinski definition) is 2. The fraction of sp³-hybridized carbons (Fsp3) is 0.400. The van der Waals surface area contributed by atoms with Crippen LogP contribution < -0.4 is 5.32 Å². The van der Waals surface area contributed by atoms with Crippen molar-refractivity contribution in [3.8, 4) is 0 Å². The van der Waals surface area contributed by atoms with Crippen molar-refractivity contribution in [2.45, 2.75) is 26.3 Å². The maximum absolute atomic E-state index is 12.3. The zero-order valence-corrected chi connectivity index (χ0v) is 13.0. The van der Waals surface area contributed by atoms with E-state index in [1.165, 1.54) is 0 Å². The van der Waals surface area contributed by atoms with E-state index in [9.17, 15) is 14.7 Å². The van der Waals surface area contributed by atoms with E-state index in [0.717, 1.165) is 16.3 Å². The average Bonchev–Trinajstić information content (AvgIpc) is 3.07. The summed E-state index contributed by atoms with van der Waals surface area (Å²) in [7, 11) is 0. The number of carboxylic acids is 1. The molecule has 7 heteroatoms. The monoisotopic (exact) mass is 319 g/mol. The highest BCUT2D eigenvalue weighted by Gasteiger charge is 2.33. The molecule has 0 saturated heterocycles. The largest absolute Gasteiger partial charge is 0.481 e. The summed E-state index contributed by atoms with van der Waals surface area (Å²) in [6.45, 7) is 2.32. The molecule has 3 rings (SSSR count). The summed E-state index contributed by atoms with van der Waals surface area (Å²) in [5.74, 6) is -2.28. The lowest BCUT2D eigenvalue weighted by molar-refractivity contribution is -0.147. The third-order valence-electron chi connectivity index (χ3n) is 3.97. The van der Waals surface area contributed by atoms with Crippen LogP contribution in [-0.4, -0.2) is 26.4 Å². The molecule has 0 saturated carbocycles. The molecule has 0 spiro atoms. The molecule has 2 atom stereocenters. The highest BCUT2D eigenvalue weighted by Crippen LogP contribution is 2.26. The Morgan fingerprint density at radius 2 is 2.14 bits per heavy atom. The van der Waals surface area contributed by atoms with Gasteiger partial charge in [-0.15, -0.1) is 11.3 Å². The van der Waals surface area contributed by atoms with Gasteiger partial charge in [-0.05, 0) is 19.8 Å². The minimum atomic E-state index is -0.914. The number of carboxylic acid groups (broad SMARTS) is 1. The first kappa shape index (κ1) is 14.8. The maximum atomic E-state index is 12.3. The molecule has 1 amide bonds. The second-order valence-corrected chi connectivity index (χ2v) is 6.31. The fourth-order valence-corrected chi connectivity index (χ4v) is 3.58. The van der Waals surface area contributed by atoms with Crippen LogP contribution in [0.2, 0.25) is 0 Å². The number of aryl methyl sites for hydroxylation is 1. The fourth-order valence-electron chi connectivity index (χ4n) is 2.71. The van der Waals surface area contributed by atoms with Crippen LogP contribution >= 0.6 is 11.3 Å². The van der Waals surface area contributed by atoms with Gasteiger partial charge in [0, 0.05) is 17.3 Å². The number of carbonyl (C=O) groups excluding carboxylic acids is 1. The first-order valence-electron chi connectivity index (χ1n) is 7.14. The van der Waals surface area contributed by atoms with E-state index in [-0.39, 0.29) is 5.91 Å². The van der Waals surface area contributed by atoms with Gasteiger partial charge >= 0.3 is 5.97 Å². The Morgan fingerprint density at radius 3 is 2.82 bits per heavy atom. The molecular formula is C15H17N3O3S. The van der Waals surface area contributed by atoms with Gasteiger partial charge in [-0.2, -0.15) is 0 Å². The van der Waals surface area contributed by atoms with Crippen molar-refractivity contribution in [1.29, 1.82) is 0 Å². The summed E-state index contributed by atoms with van der Waals surface area (Å²) in [4.78, 5) is 28.8. The summed E-state index contributed by atoms with van der Waals surface area (Å²) >= 11 is 1.55. The SMILES string of the molecule is Cc1csc2nc(CNC(=O)[C@H]3CC=CC[C@H]3C(=O)O)cn12. The Morgan fingerprint density at radius 1 is 1.41 bits per heavy atom. The Hall–Kier alpha value is -2.15. The Labute approximate surface area is 131 Å². The number of rotatable bonds is 4. The molecule has 2 aromatic heterocycles. The van der Waals surface area contributed by atoms with Crippen molar-refractivity contribution in [1.82, 2.24) is 14.7 Å². The smallest absolute Gasteiger partial charge is 0.307 e. The van der Waals surface area contributed by atoms with Crippen LogP contribution in [0.3, 0.4) is 0 Å². The standard InChI is InChI=1S/C15H17N3O3S/c1-9-8-22-15-17-10(7-18(9)15)6-16-13(19)11-4-2-3-5-12(11)14(20)21/h2-3,7-8,11-12H,4-6H2,1H3,(H,16,19)(H,20,21)/t11-,12+/m0/s1. The topological polar surface area (TPSA) is 83.7 Å². The molecule has 1 aliphatic carbocycles. The summed E-state index contributed by atoms with van der Waals surface area (Å²) in [5, 5.41) is 14.1. The molecular weight excluding hydrogens is 302 g/mol. The number of nitrogens with zero attached hydrogens (tertiary/aromatic N) is 2. The number of allylic oxidation sites excluding steroid dienone is 2. The quantitative estimate of drug-likeness (QED) is 0.844. The number of aromatic nitrogens is 2. The molecule has 116 valence electrons. The molecule has 0 bridgehead atoms. The molecule has 2 aromatic rings. The first-order chi connectivity index (χ1) is 10.6. The van der Waals surface area contributed by atoms with E-state index in [2.05, 4.69) is 10.3 Å². The van der Waals surface area contributed by atoms with Gasteiger partial charge in [-0.3, -0.25) is 14.0 Å². The summed E-state index contributed by atoms with van der Waals surface area (Å²) in [6, 6.07) is 0. The minimum Gasteiger partial charge on any atom is -0.481 e. The number of hydrogen-bond acceptors (Lipinski definition) is 4.